The summed E-state index contributed by atoms with van der Waals surface area (Å²) in [5.41, 5.74) is 0.706. The number of pyridine rings is 1. The molecule has 0 radical (unpaired) electrons. The molecule has 2 N–H and O–H groups in total. The van der Waals surface area contributed by atoms with Gasteiger partial charge in [-0.25, -0.2) is 9.78 Å². The number of carbonyl (C=O) groups excluding carboxylic acids is 1. The maximum absolute atomic E-state index is 12.3. The fourth-order valence-corrected chi connectivity index (χ4v) is 2.79. The molecule has 0 spiro atoms. The predicted octanol–water partition coefficient (Wildman–Crippen LogP) is 2.31. The van der Waals surface area contributed by atoms with Crippen LogP contribution in [0.4, 0.5) is 18.0 Å². The summed E-state index contributed by atoms with van der Waals surface area (Å²) in [6.07, 6.45) is -1.81. The van der Waals surface area contributed by atoms with Gasteiger partial charge in [-0.05, 0) is 31.4 Å². The Balaban J connectivity index is 1.79. The first kappa shape index (κ1) is 22.6. The van der Waals surface area contributed by atoms with Crippen molar-refractivity contribution in [1.29, 1.82) is 0 Å². The first-order valence-electron chi connectivity index (χ1n) is 9.34. The number of rotatable bonds is 6. The highest BCUT2D eigenvalue weighted by Gasteiger charge is 2.28. The molecule has 0 aromatic carbocycles. The van der Waals surface area contributed by atoms with E-state index < -0.39 is 12.8 Å². The summed E-state index contributed by atoms with van der Waals surface area (Å²) in [6.45, 7) is 2.27. The van der Waals surface area contributed by atoms with Gasteiger partial charge in [0.2, 0.25) is 5.88 Å². The van der Waals surface area contributed by atoms with E-state index in [0.717, 1.165) is 12.8 Å². The van der Waals surface area contributed by atoms with Crippen LogP contribution in [0.15, 0.2) is 23.3 Å². The van der Waals surface area contributed by atoms with Crippen LogP contribution >= 0.6 is 0 Å². The van der Waals surface area contributed by atoms with Crippen LogP contribution in [-0.2, 0) is 11.3 Å². The van der Waals surface area contributed by atoms with E-state index in [4.69, 9.17) is 4.74 Å². The number of likely N-dealkylation sites (tertiary alicyclic amines) is 1. The van der Waals surface area contributed by atoms with E-state index >= 15 is 0 Å². The summed E-state index contributed by atoms with van der Waals surface area (Å²) in [4.78, 5) is 21.4. The van der Waals surface area contributed by atoms with Crippen molar-refractivity contribution >= 4 is 12.1 Å². The zero-order chi connectivity index (χ0) is 21.3. The van der Waals surface area contributed by atoms with Crippen LogP contribution in [0.2, 0.25) is 0 Å². The average molecular weight is 417 g/mol. The van der Waals surface area contributed by atoms with Gasteiger partial charge in [0.15, 0.2) is 12.6 Å². The number of alkyl halides is 3. The van der Waals surface area contributed by atoms with E-state index in [2.05, 4.69) is 25.3 Å². The molecule has 29 heavy (non-hydrogen) atoms. The quantitative estimate of drug-likeness (QED) is 0.546. The topological polar surface area (TPSA) is 88.1 Å². The zero-order valence-corrected chi connectivity index (χ0v) is 16.5. The minimum absolute atomic E-state index is 0.0871. The summed E-state index contributed by atoms with van der Waals surface area (Å²) in [7, 11) is 1.63. The second kappa shape index (κ2) is 10.7. The number of piperidine rings is 1. The van der Waals surface area contributed by atoms with E-state index in [-0.39, 0.29) is 18.0 Å². The van der Waals surface area contributed by atoms with Crippen molar-refractivity contribution in [3.8, 4) is 5.88 Å². The van der Waals surface area contributed by atoms with Gasteiger partial charge in [-0.2, -0.15) is 13.2 Å². The highest BCUT2D eigenvalue weighted by Crippen LogP contribution is 2.17. The first-order valence-corrected chi connectivity index (χ1v) is 9.34. The molecule has 1 aliphatic heterocycles. The van der Waals surface area contributed by atoms with Gasteiger partial charge in [-0.1, -0.05) is 0 Å². The van der Waals surface area contributed by atoms with Crippen molar-refractivity contribution in [1.82, 2.24) is 20.5 Å². The van der Waals surface area contributed by atoms with Gasteiger partial charge < -0.3 is 25.0 Å². The third-order valence-corrected chi connectivity index (χ3v) is 4.23. The third-order valence-electron chi connectivity index (χ3n) is 4.23. The minimum atomic E-state index is -4.41. The lowest BCUT2D eigenvalue weighted by molar-refractivity contribution is -0.154. The van der Waals surface area contributed by atoms with Crippen molar-refractivity contribution in [3.05, 3.63) is 23.9 Å². The van der Waals surface area contributed by atoms with E-state index in [1.807, 2.05) is 0 Å². The number of guanidine groups is 1. The van der Waals surface area contributed by atoms with E-state index in [0.29, 0.717) is 37.8 Å². The van der Waals surface area contributed by atoms with Gasteiger partial charge >= 0.3 is 12.3 Å². The van der Waals surface area contributed by atoms with Crippen molar-refractivity contribution in [3.63, 3.8) is 0 Å². The number of halogens is 3. The van der Waals surface area contributed by atoms with Gasteiger partial charge in [0.05, 0.1) is 6.61 Å². The average Bonchev–Trinajstić information content (AvgIpc) is 2.70. The largest absolute Gasteiger partial charge is 0.468 e. The van der Waals surface area contributed by atoms with Crippen LogP contribution in [0, 0.1) is 0 Å². The highest BCUT2D eigenvalue weighted by molar-refractivity contribution is 5.80. The normalized spacial score (nSPS) is 15.8. The molecule has 1 fully saturated rings. The lowest BCUT2D eigenvalue weighted by atomic mass is 10.1. The Bertz CT molecular complexity index is 692. The lowest BCUT2D eigenvalue weighted by Gasteiger charge is -2.32. The van der Waals surface area contributed by atoms with Crippen LogP contribution in [0.1, 0.15) is 25.3 Å². The Labute approximate surface area is 167 Å². The van der Waals surface area contributed by atoms with Crippen LogP contribution in [0.5, 0.6) is 5.88 Å². The Morgan fingerprint density at radius 2 is 2.10 bits per heavy atom. The number of nitrogens with zero attached hydrogens (tertiary/aromatic N) is 3. The first-order chi connectivity index (χ1) is 13.8. The van der Waals surface area contributed by atoms with Crippen LogP contribution in [0.25, 0.3) is 0 Å². The monoisotopic (exact) mass is 417 g/mol. The molecule has 11 heteroatoms. The standard InChI is InChI=1S/C18H26F3N5O3/c1-3-28-17(27)26-8-5-14(6-9-26)25-16(22-2)24-11-13-4-7-23-15(10-13)29-12-18(19,20)21/h4,7,10,14H,3,5-6,8-9,11-12H2,1-2H3,(H2,22,24,25). The molecule has 0 unspecified atom stereocenters. The Kier molecular flexibility index (Phi) is 8.34. The Hall–Kier alpha value is -2.72. The summed E-state index contributed by atoms with van der Waals surface area (Å²) in [5, 5.41) is 6.41. The number of aliphatic imine (C=N–C) groups is 1. The Morgan fingerprint density at radius 1 is 1.38 bits per heavy atom. The molecule has 1 saturated heterocycles. The van der Waals surface area contributed by atoms with Gasteiger partial charge in [0, 0.05) is 45.0 Å². The van der Waals surface area contributed by atoms with Gasteiger partial charge in [0.25, 0.3) is 0 Å². The molecule has 162 valence electrons. The molecule has 1 aromatic rings. The number of hydrogen-bond donors (Lipinski definition) is 2. The number of amides is 1. The number of hydrogen-bond acceptors (Lipinski definition) is 5. The zero-order valence-electron chi connectivity index (χ0n) is 16.5. The number of aromatic nitrogens is 1. The van der Waals surface area contributed by atoms with Crippen molar-refractivity contribution in [2.75, 3.05) is 33.4 Å². The van der Waals surface area contributed by atoms with Crippen molar-refractivity contribution in [2.45, 2.75) is 38.5 Å². The summed E-state index contributed by atoms with van der Waals surface area (Å²) < 4.78 is 46.4. The predicted molar refractivity (Wildman–Crippen MR) is 101 cm³/mol. The maximum Gasteiger partial charge on any atom is 0.422 e. The fraction of sp³-hybridized carbons (Fsp3) is 0.611. The van der Waals surface area contributed by atoms with Gasteiger partial charge in [-0.15, -0.1) is 0 Å². The van der Waals surface area contributed by atoms with Crippen LogP contribution < -0.4 is 15.4 Å². The van der Waals surface area contributed by atoms with Gasteiger partial charge in [0.1, 0.15) is 0 Å². The van der Waals surface area contributed by atoms with Crippen LogP contribution in [-0.4, -0.2) is 67.5 Å². The molecular weight excluding hydrogens is 391 g/mol. The summed E-state index contributed by atoms with van der Waals surface area (Å²) >= 11 is 0. The second-order valence-corrected chi connectivity index (χ2v) is 6.44. The Morgan fingerprint density at radius 3 is 2.72 bits per heavy atom. The SMILES string of the molecule is CCOC(=O)N1CCC(NC(=NC)NCc2ccnc(OCC(F)(F)F)c2)CC1. The second-order valence-electron chi connectivity index (χ2n) is 6.44. The molecule has 2 heterocycles. The third kappa shape index (κ3) is 8.04. The lowest BCUT2D eigenvalue weighted by Crippen LogP contribution is -2.49. The molecule has 0 atom stereocenters. The van der Waals surface area contributed by atoms with Crippen LogP contribution in [0.3, 0.4) is 0 Å². The summed E-state index contributed by atoms with van der Waals surface area (Å²) in [5.74, 6) is 0.477. The molecule has 0 bridgehead atoms. The van der Waals surface area contributed by atoms with E-state index in [1.54, 1.807) is 24.9 Å². The molecular formula is C18H26F3N5O3. The van der Waals surface area contributed by atoms with Crippen molar-refractivity contribution in [2.24, 2.45) is 4.99 Å². The molecule has 1 aliphatic rings. The number of carbonyl (C=O) groups is 1. The van der Waals surface area contributed by atoms with Gasteiger partial charge in [-0.3, -0.25) is 4.99 Å². The fourth-order valence-electron chi connectivity index (χ4n) is 2.79. The number of nitrogens with one attached hydrogen (secondary N) is 2. The number of ether oxygens (including phenoxy) is 2. The smallest absolute Gasteiger partial charge is 0.422 e. The molecule has 0 saturated carbocycles. The maximum atomic E-state index is 12.3. The molecule has 1 aromatic heterocycles. The highest BCUT2D eigenvalue weighted by atomic mass is 19.4. The molecule has 8 nitrogen and oxygen atoms in total. The van der Waals surface area contributed by atoms with E-state index in [9.17, 15) is 18.0 Å². The van der Waals surface area contributed by atoms with E-state index in [1.165, 1.54) is 12.3 Å². The van der Waals surface area contributed by atoms with Crippen molar-refractivity contribution < 1.29 is 27.4 Å². The minimum Gasteiger partial charge on any atom is -0.468 e. The molecule has 1 amide bonds. The molecule has 0 aliphatic carbocycles. The molecule has 2 rings (SSSR count). The summed E-state index contributed by atoms with van der Waals surface area (Å²) in [6, 6.07) is 3.28.